The minimum Gasteiger partial charge on any atom is -0.486 e. The van der Waals surface area contributed by atoms with Crippen LogP contribution in [0.1, 0.15) is 5.82 Å². The SMILES string of the molecule is Cn1ncc2c(Cl)nc(COc3cc(Cl)cc(Cl)c3)nc21. The van der Waals surface area contributed by atoms with Gasteiger partial charge < -0.3 is 4.74 Å². The molecule has 5 nitrogen and oxygen atoms in total. The fourth-order valence-electron chi connectivity index (χ4n) is 1.85. The second kappa shape index (κ2) is 5.67. The largest absolute Gasteiger partial charge is 0.486 e. The van der Waals surface area contributed by atoms with Gasteiger partial charge in [0.05, 0.1) is 11.6 Å². The van der Waals surface area contributed by atoms with E-state index in [-0.39, 0.29) is 6.61 Å². The number of benzene rings is 1. The zero-order valence-electron chi connectivity index (χ0n) is 10.8. The van der Waals surface area contributed by atoms with E-state index in [1.807, 2.05) is 0 Å². The van der Waals surface area contributed by atoms with Crippen LogP contribution in [0, 0.1) is 0 Å². The molecule has 0 aliphatic heterocycles. The molecule has 0 amide bonds. The molecule has 108 valence electrons. The molecule has 3 aromatic rings. The van der Waals surface area contributed by atoms with Crippen LogP contribution >= 0.6 is 34.8 Å². The van der Waals surface area contributed by atoms with Gasteiger partial charge in [-0.1, -0.05) is 34.8 Å². The van der Waals surface area contributed by atoms with Crippen LogP contribution < -0.4 is 4.74 Å². The Hall–Kier alpha value is -1.56. The predicted octanol–water partition coefficient (Wildman–Crippen LogP) is 3.90. The van der Waals surface area contributed by atoms with Gasteiger partial charge >= 0.3 is 0 Å². The van der Waals surface area contributed by atoms with Crippen LogP contribution in [0.25, 0.3) is 11.0 Å². The third-order valence-corrected chi connectivity index (χ3v) is 3.52. The van der Waals surface area contributed by atoms with Crippen LogP contribution in [0.15, 0.2) is 24.4 Å². The monoisotopic (exact) mass is 342 g/mol. The van der Waals surface area contributed by atoms with E-state index >= 15 is 0 Å². The smallest absolute Gasteiger partial charge is 0.170 e. The van der Waals surface area contributed by atoms with E-state index in [0.29, 0.717) is 37.8 Å². The second-order valence-corrected chi connectivity index (χ2v) is 5.56. The molecule has 0 saturated carbocycles. The standard InChI is InChI=1S/C13H9Cl3N4O/c1-20-13-10(5-17-20)12(16)18-11(19-13)6-21-9-3-7(14)2-8(15)4-9/h2-5H,6H2,1H3. The Morgan fingerprint density at radius 2 is 1.81 bits per heavy atom. The van der Waals surface area contributed by atoms with Gasteiger partial charge in [0.1, 0.15) is 17.5 Å². The van der Waals surface area contributed by atoms with Crippen molar-refractivity contribution < 1.29 is 4.74 Å². The highest BCUT2D eigenvalue weighted by Crippen LogP contribution is 2.25. The number of nitrogens with zero attached hydrogens (tertiary/aromatic N) is 4. The third-order valence-electron chi connectivity index (χ3n) is 2.80. The van der Waals surface area contributed by atoms with Gasteiger partial charge in [-0.3, -0.25) is 4.68 Å². The van der Waals surface area contributed by atoms with E-state index in [1.54, 1.807) is 36.1 Å². The third kappa shape index (κ3) is 3.05. The average Bonchev–Trinajstić information content (AvgIpc) is 2.78. The highest BCUT2D eigenvalue weighted by atomic mass is 35.5. The molecule has 0 radical (unpaired) electrons. The molecule has 0 atom stereocenters. The molecule has 21 heavy (non-hydrogen) atoms. The van der Waals surface area contributed by atoms with Crippen molar-refractivity contribution in [3.8, 4) is 5.75 Å². The molecule has 0 spiro atoms. The minimum absolute atomic E-state index is 0.150. The fourth-order valence-corrected chi connectivity index (χ4v) is 2.59. The number of fused-ring (bicyclic) bond motifs is 1. The van der Waals surface area contributed by atoms with Crippen molar-refractivity contribution in [1.82, 2.24) is 19.7 Å². The van der Waals surface area contributed by atoms with Crippen molar-refractivity contribution in [2.45, 2.75) is 6.61 Å². The van der Waals surface area contributed by atoms with E-state index in [4.69, 9.17) is 39.5 Å². The number of hydrogen-bond donors (Lipinski definition) is 0. The normalized spacial score (nSPS) is 11.0. The van der Waals surface area contributed by atoms with E-state index in [2.05, 4.69) is 15.1 Å². The average molecular weight is 344 g/mol. The highest BCUT2D eigenvalue weighted by molar-refractivity contribution is 6.35. The molecule has 0 saturated heterocycles. The van der Waals surface area contributed by atoms with Crippen molar-refractivity contribution in [2.75, 3.05) is 0 Å². The Morgan fingerprint density at radius 1 is 1.10 bits per heavy atom. The van der Waals surface area contributed by atoms with Gasteiger partial charge in [-0.25, -0.2) is 9.97 Å². The Morgan fingerprint density at radius 3 is 2.52 bits per heavy atom. The first-order valence-corrected chi connectivity index (χ1v) is 7.09. The molecular weight excluding hydrogens is 335 g/mol. The highest BCUT2D eigenvalue weighted by Gasteiger charge is 2.10. The summed E-state index contributed by atoms with van der Waals surface area (Å²) in [7, 11) is 1.78. The van der Waals surface area contributed by atoms with Gasteiger partial charge in [0, 0.05) is 17.1 Å². The summed E-state index contributed by atoms with van der Waals surface area (Å²) in [5.41, 5.74) is 0.651. The maximum atomic E-state index is 6.11. The first-order valence-electron chi connectivity index (χ1n) is 5.96. The second-order valence-electron chi connectivity index (χ2n) is 4.33. The Balaban J connectivity index is 1.86. The summed E-state index contributed by atoms with van der Waals surface area (Å²) < 4.78 is 7.22. The lowest BCUT2D eigenvalue weighted by Gasteiger charge is -2.07. The molecule has 0 N–H and O–H groups in total. The summed E-state index contributed by atoms with van der Waals surface area (Å²) >= 11 is 17.9. The number of aryl methyl sites for hydroxylation is 1. The molecule has 0 aliphatic rings. The van der Waals surface area contributed by atoms with E-state index < -0.39 is 0 Å². The van der Waals surface area contributed by atoms with Crippen molar-refractivity contribution in [3.63, 3.8) is 0 Å². The fraction of sp³-hybridized carbons (Fsp3) is 0.154. The van der Waals surface area contributed by atoms with Gasteiger partial charge in [0.15, 0.2) is 11.5 Å². The molecule has 1 aromatic carbocycles. The molecular formula is C13H9Cl3N4O. The van der Waals surface area contributed by atoms with Crippen LogP contribution in [0.2, 0.25) is 15.2 Å². The van der Waals surface area contributed by atoms with Crippen LogP contribution in [-0.2, 0) is 13.7 Å². The van der Waals surface area contributed by atoms with E-state index in [0.717, 1.165) is 0 Å². The number of rotatable bonds is 3. The Kier molecular flexibility index (Phi) is 3.89. The maximum absolute atomic E-state index is 6.11. The molecule has 0 unspecified atom stereocenters. The zero-order chi connectivity index (χ0) is 15.0. The summed E-state index contributed by atoms with van der Waals surface area (Å²) in [6, 6.07) is 4.96. The summed E-state index contributed by atoms with van der Waals surface area (Å²) in [4.78, 5) is 8.55. The van der Waals surface area contributed by atoms with Crippen LogP contribution in [0.4, 0.5) is 0 Å². The van der Waals surface area contributed by atoms with Gasteiger partial charge in [-0.05, 0) is 18.2 Å². The van der Waals surface area contributed by atoms with Gasteiger partial charge in [0.25, 0.3) is 0 Å². The van der Waals surface area contributed by atoms with Gasteiger partial charge in [-0.2, -0.15) is 5.10 Å². The van der Waals surface area contributed by atoms with Crippen LogP contribution in [0.5, 0.6) is 5.75 Å². The van der Waals surface area contributed by atoms with Crippen LogP contribution in [-0.4, -0.2) is 19.7 Å². The number of hydrogen-bond acceptors (Lipinski definition) is 4. The summed E-state index contributed by atoms with van der Waals surface area (Å²) in [5.74, 6) is 0.990. The van der Waals surface area contributed by atoms with E-state index in [1.165, 1.54) is 0 Å². The van der Waals surface area contributed by atoms with Crippen molar-refractivity contribution in [2.24, 2.45) is 7.05 Å². The Bertz CT molecular complexity index is 798. The lowest BCUT2D eigenvalue weighted by atomic mass is 10.3. The van der Waals surface area contributed by atoms with Gasteiger partial charge in [-0.15, -0.1) is 0 Å². The Labute approximate surface area is 135 Å². The molecule has 2 aromatic heterocycles. The quantitative estimate of drug-likeness (QED) is 0.677. The lowest BCUT2D eigenvalue weighted by molar-refractivity contribution is 0.296. The topological polar surface area (TPSA) is 52.8 Å². The van der Waals surface area contributed by atoms with Crippen LogP contribution in [0.3, 0.4) is 0 Å². The summed E-state index contributed by atoms with van der Waals surface area (Å²) in [5, 5.41) is 6.14. The molecule has 8 heteroatoms. The van der Waals surface area contributed by atoms with E-state index in [9.17, 15) is 0 Å². The number of aromatic nitrogens is 4. The summed E-state index contributed by atoms with van der Waals surface area (Å²) in [6.07, 6.45) is 1.62. The molecule has 0 fully saturated rings. The predicted molar refractivity (Wildman–Crippen MR) is 82.1 cm³/mol. The summed E-state index contributed by atoms with van der Waals surface area (Å²) in [6.45, 7) is 0.150. The molecule has 2 heterocycles. The lowest BCUT2D eigenvalue weighted by Crippen LogP contribution is -2.03. The number of halogens is 3. The molecule has 0 aliphatic carbocycles. The molecule has 3 rings (SSSR count). The first kappa shape index (κ1) is 14.4. The molecule has 0 bridgehead atoms. The van der Waals surface area contributed by atoms with Crippen molar-refractivity contribution >= 4 is 45.8 Å². The van der Waals surface area contributed by atoms with Gasteiger partial charge in [0.2, 0.25) is 0 Å². The van der Waals surface area contributed by atoms with Crippen molar-refractivity contribution in [3.05, 3.63) is 45.4 Å². The minimum atomic E-state index is 0.150. The first-order chi connectivity index (χ1) is 10.0. The zero-order valence-corrected chi connectivity index (χ0v) is 13.1. The van der Waals surface area contributed by atoms with Crippen molar-refractivity contribution in [1.29, 1.82) is 0 Å². The number of ether oxygens (including phenoxy) is 1. The maximum Gasteiger partial charge on any atom is 0.170 e.